The zero-order chi connectivity index (χ0) is 10.3. The van der Waals surface area contributed by atoms with E-state index in [1.807, 2.05) is 13.8 Å². The Labute approximate surface area is 80.8 Å². The maximum Gasteiger partial charge on any atom is 0.149 e. The highest BCUT2D eigenvalue weighted by atomic mass is 19.1. The van der Waals surface area contributed by atoms with Crippen LogP contribution in [0.1, 0.15) is 19.9 Å². The highest BCUT2D eigenvalue weighted by Gasteiger charge is 2.12. The summed E-state index contributed by atoms with van der Waals surface area (Å²) in [7, 11) is 0. The predicted octanol–water partition coefficient (Wildman–Crippen LogP) is 2.46. The first-order valence-corrected chi connectivity index (χ1v) is 4.46. The summed E-state index contributed by atoms with van der Waals surface area (Å²) in [5, 5.41) is 14.0. The van der Waals surface area contributed by atoms with Gasteiger partial charge in [0.15, 0.2) is 0 Å². The quantitative estimate of drug-likeness (QED) is 0.757. The number of hydrogen-bond donors (Lipinski definition) is 1. The molecule has 1 heterocycles. The minimum Gasteiger partial charge on any atom is -0.507 e. The number of aromatic hydroxyl groups is 1. The summed E-state index contributed by atoms with van der Waals surface area (Å²) < 4.78 is 15.0. The van der Waals surface area contributed by atoms with E-state index in [1.165, 1.54) is 18.3 Å². The number of nitrogens with zero attached hydrogens (tertiary/aromatic N) is 2. The van der Waals surface area contributed by atoms with Crippen LogP contribution in [0.2, 0.25) is 0 Å². The fourth-order valence-corrected chi connectivity index (χ4v) is 1.50. The van der Waals surface area contributed by atoms with Crippen molar-refractivity contribution in [2.75, 3.05) is 0 Å². The van der Waals surface area contributed by atoms with Gasteiger partial charge in [-0.25, -0.2) is 4.39 Å². The molecule has 0 aliphatic carbocycles. The van der Waals surface area contributed by atoms with Gasteiger partial charge in [-0.1, -0.05) is 0 Å². The van der Waals surface area contributed by atoms with Crippen molar-refractivity contribution in [1.82, 2.24) is 9.78 Å². The standard InChI is InChI=1S/C10H11FN2O/c1-6(2)13-10-7(5-12-13)9(14)4-3-8(10)11/h3-6,14H,1-2H3. The van der Waals surface area contributed by atoms with Crippen LogP contribution in [0.25, 0.3) is 10.9 Å². The summed E-state index contributed by atoms with van der Waals surface area (Å²) in [4.78, 5) is 0. The third-order valence-electron chi connectivity index (χ3n) is 2.17. The topological polar surface area (TPSA) is 38.0 Å². The van der Waals surface area contributed by atoms with E-state index < -0.39 is 0 Å². The van der Waals surface area contributed by atoms with Gasteiger partial charge in [-0.05, 0) is 26.0 Å². The van der Waals surface area contributed by atoms with E-state index in [0.29, 0.717) is 10.9 Å². The van der Waals surface area contributed by atoms with Crippen molar-refractivity contribution < 1.29 is 9.50 Å². The van der Waals surface area contributed by atoms with Gasteiger partial charge in [0, 0.05) is 6.04 Å². The van der Waals surface area contributed by atoms with Crippen LogP contribution in [0.5, 0.6) is 5.75 Å². The molecule has 0 fully saturated rings. The van der Waals surface area contributed by atoms with Crippen molar-refractivity contribution in [2.45, 2.75) is 19.9 Å². The fraction of sp³-hybridized carbons (Fsp3) is 0.300. The second-order valence-corrected chi connectivity index (χ2v) is 3.51. The number of benzene rings is 1. The fourth-order valence-electron chi connectivity index (χ4n) is 1.50. The van der Waals surface area contributed by atoms with E-state index in [0.717, 1.165) is 0 Å². The zero-order valence-electron chi connectivity index (χ0n) is 8.03. The molecular formula is C10H11FN2O. The Morgan fingerprint density at radius 1 is 1.43 bits per heavy atom. The summed E-state index contributed by atoms with van der Waals surface area (Å²) in [6.07, 6.45) is 1.48. The third-order valence-corrected chi connectivity index (χ3v) is 2.17. The minimum atomic E-state index is -0.357. The average Bonchev–Trinajstić information content (AvgIpc) is 2.56. The SMILES string of the molecule is CC(C)n1ncc2c(O)ccc(F)c21. The lowest BCUT2D eigenvalue weighted by Gasteiger charge is -2.07. The summed E-state index contributed by atoms with van der Waals surface area (Å²) in [5.74, 6) is -0.294. The molecule has 0 bridgehead atoms. The molecule has 0 saturated heterocycles. The van der Waals surface area contributed by atoms with E-state index in [4.69, 9.17) is 0 Å². The Morgan fingerprint density at radius 3 is 2.79 bits per heavy atom. The number of fused-ring (bicyclic) bond motifs is 1. The Hall–Kier alpha value is -1.58. The predicted molar refractivity (Wildman–Crippen MR) is 51.7 cm³/mol. The van der Waals surface area contributed by atoms with E-state index in [2.05, 4.69) is 5.10 Å². The molecule has 3 nitrogen and oxygen atoms in total. The van der Waals surface area contributed by atoms with Crippen LogP contribution in [-0.2, 0) is 0 Å². The van der Waals surface area contributed by atoms with Gasteiger partial charge in [-0.15, -0.1) is 0 Å². The van der Waals surface area contributed by atoms with Gasteiger partial charge in [0.05, 0.1) is 11.6 Å². The van der Waals surface area contributed by atoms with Gasteiger partial charge >= 0.3 is 0 Å². The Bertz CT molecular complexity index is 476. The van der Waals surface area contributed by atoms with E-state index in [1.54, 1.807) is 4.68 Å². The lowest BCUT2D eigenvalue weighted by molar-refractivity contribution is 0.479. The van der Waals surface area contributed by atoms with Gasteiger partial charge in [0.25, 0.3) is 0 Å². The van der Waals surface area contributed by atoms with Crippen LogP contribution in [-0.4, -0.2) is 14.9 Å². The molecule has 0 amide bonds. The number of phenols is 1. The molecule has 1 aromatic heterocycles. The number of halogens is 1. The maximum absolute atomic E-state index is 13.4. The lowest BCUT2D eigenvalue weighted by Crippen LogP contribution is -2.03. The van der Waals surface area contributed by atoms with Crippen LogP contribution in [0.4, 0.5) is 4.39 Å². The number of phenolic OH excluding ortho intramolecular Hbond substituents is 1. The molecular weight excluding hydrogens is 183 g/mol. The van der Waals surface area contributed by atoms with Crippen molar-refractivity contribution >= 4 is 10.9 Å². The average molecular weight is 194 g/mol. The van der Waals surface area contributed by atoms with Gasteiger partial charge < -0.3 is 5.11 Å². The van der Waals surface area contributed by atoms with Crippen molar-refractivity contribution in [1.29, 1.82) is 0 Å². The van der Waals surface area contributed by atoms with Gasteiger partial charge in [0.2, 0.25) is 0 Å². The van der Waals surface area contributed by atoms with Crippen molar-refractivity contribution in [3.05, 3.63) is 24.1 Å². The molecule has 0 radical (unpaired) electrons. The Morgan fingerprint density at radius 2 is 2.14 bits per heavy atom. The smallest absolute Gasteiger partial charge is 0.149 e. The summed E-state index contributed by atoms with van der Waals surface area (Å²) in [6, 6.07) is 2.66. The number of rotatable bonds is 1. The van der Waals surface area contributed by atoms with E-state index in [9.17, 15) is 9.50 Å². The lowest BCUT2D eigenvalue weighted by atomic mass is 10.2. The van der Waals surface area contributed by atoms with Crippen LogP contribution < -0.4 is 0 Å². The monoisotopic (exact) mass is 194 g/mol. The molecule has 2 rings (SSSR count). The van der Waals surface area contributed by atoms with Crippen LogP contribution in [0, 0.1) is 5.82 Å². The Kier molecular flexibility index (Phi) is 1.91. The molecule has 4 heteroatoms. The molecule has 0 saturated carbocycles. The molecule has 0 aliphatic heterocycles. The molecule has 2 aromatic rings. The van der Waals surface area contributed by atoms with E-state index in [-0.39, 0.29) is 17.6 Å². The van der Waals surface area contributed by atoms with Gasteiger partial charge in [-0.2, -0.15) is 5.10 Å². The molecule has 0 aliphatic rings. The van der Waals surface area contributed by atoms with Gasteiger partial charge in [0.1, 0.15) is 17.1 Å². The summed E-state index contributed by atoms with van der Waals surface area (Å²) >= 11 is 0. The summed E-state index contributed by atoms with van der Waals surface area (Å²) in [6.45, 7) is 3.83. The third kappa shape index (κ3) is 1.14. The molecule has 74 valence electrons. The minimum absolute atomic E-state index is 0.0632. The highest BCUT2D eigenvalue weighted by Crippen LogP contribution is 2.28. The normalized spacial score (nSPS) is 11.4. The van der Waals surface area contributed by atoms with E-state index >= 15 is 0 Å². The first-order valence-electron chi connectivity index (χ1n) is 4.46. The second kappa shape index (κ2) is 2.97. The molecule has 14 heavy (non-hydrogen) atoms. The zero-order valence-corrected chi connectivity index (χ0v) is 8.03. The van der Waals surface area contributed by atoms with Crippen molar-refractivity contribution in [2.24, 2.45) is 0 Å². The molecule has 0 spiro atoms. The second-order valence-electron chi connectivity index (χ2n) is 3.51. The van der Waals surface area contributed by atoms with Gasteiger partial charge in [-0.3, -0.25) is 4.68 Å². The highest BCUT2D eigenvalue weighted by molar-refractivity contribution is 5.85. The van der Waals surface area contributed by atoms with Crippen LogP contribution >= 0.6 is 0 Å². The van der Waals surface area contributed by atoms with Crippen LogP contribution in [0.3, 0.4) is 0 Å². The Balaban J connectivity index is 2.84. The molecule has 1 aromatic carbocycles. The molecule has 0 atom stereocenters. The maximum atomic E-state index is 13.4. The van der Waals surface area contributed by atoms with Crippen LogP contribution in [0.15, 0.2) is 18.3 Å². The molecule has 1 N–H and O–H groups in total. The van der Waals surface area contributed by atoms with Crippen molar-refractivity contribution in [3.8, 4) is 5.75 Å². The number of hydrogen-bond acceptors (Lipinski definition) is 2. The number of aromatic nitrogens is 2. The summed E-state index contributed by atoms with van der Waals surface area (Å²) in [5.41, 5.74) is 0.361. The first kappa shape index (κ1) is 8.99. The van der Waals surface area contributed by atoms with Crippen molar-refractivity contribution in [3.63, 3.8) is 0 Å². The first-order chi connectivity index (χ1) is 6.61. The molecule has 0 unspecified atom stereocenters. The largest absolute Gasteiger partial charge is 0.507 e.